The maximum atomic E-state index is 11.1. The van der Waals surface area contributed by atoms with Crippen LogP contribution in [0.25, 0.3) is 10.8 Å². The van der Waals surface area contributed by atoms with Crippen molar-refractivity contribution in [3.8, 4) is 5.75 Å². The van der Waals surface area contributed by atoms with E-state index in [9.17, 15) is 13.5 Å². The first-order valence-electron chi connectivity index (χ1n) is 4.39. The number of hydrogen-bond donors (Lipinski definition) is 3. The zero-order valence-electron chi connectivity index (χ0n) is 8.08. The van der Waals surface area contributed by atoms with Crippen LogP contribution in [0.1, 0.15) is 0 Å². The van der Waals surface area contributed by atoms with E-state index in [0.29, 0.717) is 0 Å². The van der Waals surface area contributed by atoms with Crippen molar-refractivity contribution in [1.82, 2.24) is 0 Å². The van der Waals surface area contributed by atoms with Gasteiger partial charge in [0, 0.05) is 16.5 Å². The van der Waals surface area contributed by atoms with Crippen molar-refractivity contribution in [3.05, 3.63) is 30.3 Å². The van der Waals surface area contributed by atoms with Gasteiger partial charge in [0.1, 0.15) is 10.6 Å². The molecule has 2 aromatic rings. The zero-order valence-corrected chi connectivity index (χ0v) is 8.90. The van der Waals surface area contributed by atoms with Crippen LogP contribution in [0.4, 0.5) is 5.69 Å². The molecule has 0 saturated heterocycles. The zero-order chi connectivity index (χ0) is 11.9. The highest BCUT2D eigenvalue weighted by molar-refractivity contribution is 7.86. The van der Waals surface area contributed by atoms with Crippen LogP contribution in [0, 0.1) is 0 Å². The molecule has 0 atom stereocenters. The van der Waals surface area contributed by atoms with Crippen LogP contribution in [-0.2, 0) is 10.1 Å². The number of phenolic OH excluding ortho intramolecular Hbond substituents is 1. The Labute approximate surface area is 91.9 Å². The van der Waals surface area contributed by atoms with Crippen LogP contribution in [0.2, 0.25) is 0 Å². The van der Waals surface area contributed by atoms with Gasteiger partial charge in [-0.05, 0) is 18.2 Å². The minimum Gasteiger partial charge on any atom is -0.507 e. The van der Waals surface area contributed by atoms with Gasteiger partial charge in [-0.3, -0.25) is 4.55 Å². The second-order valence-electron chi connectivity index (χ2n) is 3.33. The Hall–Kier alpha value is -1.79. The largest absolute Gasteiger partial charge is 0.507 e. The summed E-state index contributed by atoms with van der Waals surface area (Å²) in [6, 6.07) is 6.92. The first-order valence-corrected chi connectivity index (χ1v) is 5.83. The number of aromatic hydroxyl groups is 1. The number of fused-ring (bicyclic) bond motifs is 1. The Morgan fingerprint density at radius 1 is 1.12 bits per heavy atom. The molecule has 2 aromatic carbocycles. The summed E-state index contributed by atoms with van der Waals surface area (Å²) in [7, 11) is -4.36. The van der Waals surface area contributed by atoms with Gasteiger partial charge in [-0.15, -0.1) is 0 Å². The van der Waals surface area contributed by atoms with E-state index >= 15 is 0 Å². The number of hydrogen-bond acceptors (Lipinski definition) is 4. The van der Waals surface area contributed by atoms with Crippen molar-refractivity contribution < 1.29 is 18.1 Å². The molecule has 4 N–H and O–H groups in total. The maximum absolute atomic E-state index is 11.1. The number of nitrogen functional groups attached to an aromatic ring is 1. The SMILES string of the molecule is Nc1ccc(O)c2cccc(S(=O)(=O)O)c12. The molecule has 0 amide bonds. The van der Waals surface area contributed by atoms with Crippen molar-refractivity contribution in [1.29, 1.82) is 0 Å². The first-order chi connectivity index (χ1) is 7.41. The van der Waals surface area contributed by atoms with E-state index in [4.69, 9.17) is 10.3 Å². The van der Waals surface area contributed by atoms with Crippen LogP contribution in [0.3, 0.4) is 0 Å². The van der Waals surface area contributed by atoms with Crippen molar-refractivity contribution in [2.45, 2.75) is 4.90 Å². The van der Waals surface area contributed by atoms with Crippen molar-refractivity contribution >= 4 is 26.6 Å². The van der Waals surface area contributed by atoms with Gasteiger partial charge in [0.2, 0.25) is 0 Å². The molecule has 0 unspecified atom stereocenters. The van der Waals surface area contributed by atoms with Crippen molar-refractivity contribution in [3.63, 3.8) is 0 Å². The number of anilines is 1. The van der Waals surface area contributed by atoms with E-state index in [1.54, 1.807) is 0 Å². The molecule has 0 fully saturated rings. The summed E-state index contributed by atoms with van der Waals surface area (Å²) in [5.74, 6) is -0.0882. The number of rotatable bonds is 1. The standard InChI is InChI=1S/C10H9NO4S/c11-7-4-5-8(12)6-2-1-3-9(10(6)7)16(13,14)15/h1-5,12H,11H2,(H,13,14,15). The topological polar surface area (TPSA) is 101 Å². The molecule has 0 bridgehead atoms. The van der Waals surface area contributed by atoms with E-state index in [0.717, 1.165) is 0 Å². The van der Waals surface area contributed by atoms with Gasteiger partial charge in [-0.2, -0.15) is 8.42 Å². The lowest BCUT2D eigenvalue weighted by molar-refractivity contribution is 0.481. The summed E-state index contributed by atoms with van der Waals surface area (Å²) in [6.45, 7) is 0. The smallest absolute Gasteiger partial charge is 0.295 e. The molecule has 0 aromatic heterocycles. The Bertz CT molecular complexity index is 664. The normalized spacial score (nSPS) is 11.8. The second-order valence-corrected chi connectivity index (χ2v) is 4.72. The molecule has 0 saturated carbocycles. The fourth-order valence-corrected chi connectivity index (χ4v) is 2.34. The van der Waals surface area contributed by atoms with Crippen LogP contribution in [-0.4, -0.2) is 18.1 Å². The van der Waals surface area contributed by atoms with Crippen LogP contribution in [0.15, 0.2) is 35.2 Å². The van der Waals surface area contributed by atoms with E-state index < -0.39 is 10.1 Å². The third-order valence-electron chi connectivity index (χ3n) is 2.29. The summed E-state index contributed by atoms with van der Waals surface area (Å²) < 4.78 is 31.3. The average molecular weight is 239 g/mol. The van der Waals surface area contributed by atoms with Gasteiger partial charge in [0.15, 0.2) is 0 Å². The summed E-state index contributed by atoms with van der Waals surface area (Å²) in [5.41, 5.74) is 5.82. The quantitative estimate of drug-likeness (QED) is 0.396. The third kappa shape index (κ3) is 1.58. The monoisotopic (exact) mass is 239 g/mol. The predicted octanol–water partition coefficient (Wildman–Crippen LogP) is 1.37. The van der Waals surface area contributed by atoms with Gasteiger partial charge in [0.05, 0.1) is 0 Å². The highest BCUT2D eigenvalue weighted by atomic mass is 32.2. The molecule has 0 spiro atoms. The van der Waals surface area contributed by atoms with Gasteiger partial charge >= 0.3 is 0 Å². The summed E-state index contributed by atoms with van der Waals surface area (Å²) >= 11 is 0. The van der Waals surface area contributed by atoms with E-state index in [1.807, 2.05) is 0 Å². The Balaban J connectivity index is 3.04. The van der Waals surface area contributed by atoms with Gasteiger partial charge in [0.25, 0.3) is 10.1 Å². The predicted molar refractivity (Wildman–Crippen MR) is 59.8 cm³/mol. The lowest BCUT2D eigenvalue weighted by Gasteiger charge is -2.07. The van der Waals surface area contributed by atoms with Crippen LogP contribution in [0.5, 0.6) is 5.75 Å². The first kappa shape index (κ1) is 10.7. The van der Waals surface area contributed by atoms with Crippen molar-refractivity contribution in [2.75, 3.05) is 5.73 Å². The molecule has 0 aliphatic carbocycles. The lowest BCUT2D eigenvalue weighted by atomic mass is 10.1. The molecule has 0 aliphatic heterocycles. The molecule has 16 heavy (non-hydrogen) atoms. The van der Waals surface area contributed by atoms with Crippen LogP contribution < -0.4 is 5.73 Å². The Morgan fingerprint density at radius 3 is 2.44 bits per heavy atom. The molecular formula is C10H9NO4S. The molecule has 5 nitrogen and oxygen atoms in total. The second kappa shape index (κ2) is 3.36. The fourth-order valence-electron chi connectivity index (χ4n) is 1.60. The minimum atomic E-state index is -4.36. The van der Waals surface area contributed by atoms with Gasteiger partial charge in [-0.1, -0.05) is 12.1 Å². The van der Waals surface area contributed by atoms with Crippen molar-refractivity contribution in [2.24, 2.45) is 0 Å². The highest BCUT2D eigenvalue weighted by Gasteiger charge is 2.16. The molecule has 0 radical (unpaired) electrons. The van der Waals surface area contributed by atoms with E-state index in [1.165, 1.54) is 30.3 Å². The molecule has 6 heteroatoms. The summed E-state index contributed by atoms with van der Waals surface area (Å²) in [5, 5.41) is 9.97. The molecule has 0 aliphatic rings. The average Bonchev–Trinajstić information content (AvgIpc) is 2.22. The lowest BCUT2D eigenvalue weighted by Crippen LogP contribution is -2.01. The third-order valence-corrected chi connectivity index (χ3v) is 3.19. The molecular weight excluding hydrogens is 230 g/mol. The number of nitrogens with two attached hydrogens (primary N) is 1. The van der Waals surface area contributed by atoms with E-state index in [-0.39, 0.29) is 27.1 Å². The maximum Gasteiger partial charge on any atom is 0.295 e. The fraction of sp³-hybridized carbons (Fsp3) is 0. The van der Waals surface area contributed by atoms with E-state index in [2.05, 4.69) is 0 Å². The number of phenols is 1. The summed E-state index contributed by atoms with van der Waals surface area (Å²) in [4.78, 5) is -0.307. The summed E-state index contributed by atoms with van der Waals surface area (Å²) in [6.07, 6.45) is 0. The number of benzene rings is 2. The van der Waals surface area contributed by atoms with Gasteiger partial charge in [-0.25, -0.2) is 0 Å². The molecule has 2 rings (SSSR count). The van der Waals surface area contributed by atoms with Crippen LogP contribution >= 0.6 is 0 Å². The Morgan fingerprint density at radius 2 is 1.81 bits per heavy atom. The molecule has 0 heterocycles. The highest BCUT2D eigenvalue weighted by Crippen LogP contribution is 2.33. The van der Waals surface area contributed by atoms with Gasteiger partial charge < -0.3 is 10.8 Å². The minimum absolute atomic E-state index is 0.0882. The molecule has 84 valence electrons. The Kier molecular flexibility index (Phi) is 2.25.